The maximum Gasteiger partial charge on any atom is 0.0434 e. The molecule has 0 heterocycles. The normalized spacial score (nSPS) is 11.7. The number of aliphatic hydroxyl groups is 1. The Morgan fingerprint density at radius 1 is 1.31 bits per heavy atom. The van der Waals surface area contributed by atoms with Crippen molar-refractivity contribution in [2.24, 2.45) is 0 Å². The van der Waals surface area contributed by atoms with Crippen molar-refractivity contribution < 1.29 is 5.11 Å². The van der Waals surface area contributed by atoms with Gasteiger partial charge in [0, 0.05) is 6.61 Å². The first-order valence-electron chi connectivity index (χ1n) is 4.66. The highest BCUT2D eigenvalue weighted by atomic mass is 16.2. The van der Waals surface area contributed by atoms with E-state index in [1.165, 1.54) is 11.1 Å². The van der Waals surface area contributed by atoms with Crippen molar-refractivity contribution in [1.29, 1.82) is 0 Å². The highest BCUT2D eigenvalue weighted by Gasteiger charge is 1.90. The monoisotopic (exact) mass is 176 g/mol. The molecule has 0 saturated heterocycles. The SMILES string of the molecule is C/C(=C\c1ccccc1)CCCO. The molecule has 0 amide bonds. The molecule has 1 heteroatoms. The Bertz CT molecular complexity index is 262. The minimum absolute atomic E-state index is 0.278. The molecule has 0 aromatic heterocycles. The van der Waals surface area contributed by atoms with Gasteiger partial charge in [0.15, 0.2) is 0 Å². The average molecular weight is 176 g/mol. The van der Waals surface area contributed by atoms with Crippen LogP contribution < -0.4 is 0 Å². The summed E-state index contributed by atoms with van der Waals surface area (Å²) in [6.45, 7) is 2.38. The predicted octanol–water partition coefficient (Wildman–Crippen LogP) is 2.86. The van der Waals surface area contributed by atoms with Gasteiger partial charge in [-0.05, 0) is 25.3 Å². The van der Waals surface area contributed by atoms with Gasteiger partial charge >= 0.3 is 0 Å². The van der Waals surface area contributed by atoms with Crippen molar-refractivity contribution in [2.45, 2.75) is 19.8 Å². The Morgan fingerprint density at radius 2 is 2.00 bits per heavy atom. The van der Waals surface area contributed by atoms with Crippen LogP contribution >= 0.6 is 0 Å². The molecular formula is C12H16O. The van der Waals surface area contributed by atoms with E-state index in [1.807, 2.05) is 18.2 Å². The maximum absolute atomic E-state index is 8.65. The fourth-order valence-corrected chi connectivity index (χ4v) is 1.26. The van der Waals surface area contributed by atoms with Gasteiger partial charge in [-0.3, -0.25) is 0 Å². The highest BCUT2D eigenvalue weighted by Crippen LogP contribution is 2.10. The summed E-state index contributed by atoms with van der Waals surface area (Å²) in [6.07, 6.45) is 4.00. The first kappa shape index (κ1) is 10.0. The molecule has 13 heavy (non-hydrogen) atoms. The molecule has 0 bridgehead atoms. The summed E-state index contributed by atoms with van der Waals surface area (Å²) < 4.78 is 0. The predicted molar refractivity (Wildman–Crippen MR) is 56.4 cm³/mol. The van der Waals surface area contributed by atoms with Crippen LogP contribution in [0, 0.1) is 0 Å². The number of hydrogen-bond donors (Lipinski definition) is 1. The zero-order chi connectivity index (χ0) is 9.52. The van der Waals surface area contributed by atoms with E-state index in [1.54, 1.807) is 0 Å². The van der Waals surface area contributed by atoms with Crippen LogP contribution in [0.15, 0.2) is 35.9 Å². The molecule has 1 aromatic carbocycles. The van der Waals surface area contributed by atoms with E-state index in [4.69, 9.17) is 5.11 Å². The Hall–Kier alpha value is -1.08. The van der Waals surface area contributed by atoms with Crippen LogP contribution in [0.3, 0.4) is 0 Å². The van der Waals surface area contributed by atoms with Gasteiger partial charge in [0.1, 0.15) is 0 Å². The summed E-state index contributed by atoms with van der Waals surface area (Å²) in [5, 5.41) is 8.65. The summed E-state index contributed by atoms with van der Waals surface area (Å²) in [5.41, 5.74) is 2.55. The van der Waals surface area contributed by atoms with Gasteiger partial charge in [-0.2, -0.15) is 0 Å². The Kier molecular flexibility index (Phi) is 4.27. The molecule has 1 N–H and O–H groups in total. The maximum atomic E-state index is 8.65. The smallest absolute Gasteiger partial charge is 0.0434 e. The Morgan fingerprint density at radius 3 is 2.62 bits per heavy atom. The Labute approximate surface area is 79.7 Å². The summed E-state index contributed by atoms with van der Waals surface area (Å²) in [6, 6.07) is 10.3. The van der Waals surface area contributed by atoms with Crippen LogP contribution in [-0.2, 0) is 0 Å². The molecule has 0 aliphatic rings. The van der Waals surface area contributed by atoms with Crippen LogP contribution in [0.1, 0.15) is 25.3 Å². The zero-order valence-corrected chi connectivity index (χ0v) is 8.03. The lowest BCUT2D eigenvalue weighted by Gasteiger charge is -1.99. The van der Waals surface area contributed by atoms with E-state index >= 15 is 0 Å². The molecule has 0 unspecified atom stereocenters. The van der Waals surface area contributed by atoms with Crippen LogP contribution in [0.4, 0.5) is 0 Å². The van der Waals surface area contributed by atoms with Gasteiger partial charge in [0.25, 0.3) is 0 Å². The molecule has 0 aliphatic heterocycles. The summed E-state index contributed by atoms with van der Waals surface area (Å²) in [5.74, 6) is 0. The molecule has 0 aliphatic carbocycles. The van der Waals surface area contributed by atoms with E-state index in [0.29, 0.717) is 0 Å². The zero-order valence-electron chi connectivity index (χ0n) is 8.03. The number of aliphatic hydroxyl groups excluding tert-OH is 1. The molecule has 70 valence electrons. The van der Waals surface area contributed by atoms with E-state index < -0.39 is 0 Å². The van der Waals surface area contributed by atoms with Crippen molar-refractivity contribution in [3.8, 4) is 0 Å². The molecule has 1 aromatic rings. The molecule has 0 radical (unpaired) electrons. The minimum Gasteiger partial charge on any atom is -0.396 e. The van der Waals surface area contributed by atoms with Crippen molar-refractivity contribution >= 4 is 6.08 Å². The quantitative estimate of drug-likeness (QED) is 0.748. The molecular weight excluding hydrogens is 160 g/mol. The lowest BCUT2D eigenvalue weighted by molar-refractivity contribution is 0.288. The fraction of sp³-hybridized carbons (Fsp3) is 0.333. The summed E-state index contributed by atoms with van der Waals surface area (Å²) in [7, 11) is 0. The summed E-state index contributed by atoms with van der Waals surface area (Å²) in [4.78, 5) is 0. The van der Waals surface area contributed by atoms with Crippen molar-refractivity contribution in [2.75, 3.05) is 6.61 Å². The van der Waals surface area contributed by atoms with Crippen molar-refractivity contribution in [3.63, 3.8) is 0 Å². The van der Waals surface area contributed by atoms with E-state index in [9.17, 15) is 0 Å². The molecule has 0 fully saturated rings. The second kappa shape index (κ2) is 5.55. The van der Waals surface area contributed by atoms with Crippen LogP contribution in [0.2, 0.25) is 0 Å². The highest BCUT2D eigenvalue weighted by molar-refractivity contribution is 5.51. The van der Waals surface area contributed by atoms with E-state index in [0.717, 1.165) is 12.8 Å². The van der Waals surface area contributed by atoms with Crippen molar-refractivity contribution in [1.82, 2.24) is 0 Å². The first-order valence-corrected chi connectivity index (χ1v) is 4.66. The molecule has 0 spiro atoms. The second-order valence-corrected chi connectivity index (χ2v) is 3.23. The molecule has 0 atom stereocenters. The molecule has 1 rings (SSSR count). The number of benzene rings is 1. The van der Waals surface area contributed by atoms with E-state index in [2.05, 4.69) is 25.1 Å². The number of allylic oxidation sites excluding steroid dienone is 1. The van der Waals surface area contributed by atoms with Gasteiger partial charge in [-0.1, -0.05) is 42.0 Å². The second-order valence-electron chi connectivity index (χ2n) is 3.23. The lowest BCUT2D eigenvalue weighted by Crippen LogP contribution is -1.83. The van der Waals surface area contributed by atoms with Gasteiger partial charge in [0.05, 0.1) is 0 Å². The Balaban J connectivity index is 2.55. The largest absolute Gasteiger partial charge is 0.396 e. The average Bonchev–Trinajstić information content (AvgIpc) is 2.16. The number of rotatable bonds is 4. The van der Waals surface area contributed by atoms with Gasteiger partial charge in [-0.25, -0.2) is 0 Å². The standard InChI is InChI=1S/C12H16O/c1-11(6-5-9-13)10-12-7-3-2-4-8-12/h2-4,7-8,10,13H,5-6,9H2,1H3/b11-10+. The van der Waals surface area contributed by atoms with Gasteiger partial charge in [0.2, 0.25) is 0 Å². The van der Waals surface area contributed by atoms with E-state index in [-0.39, 0.29) is 6.61 Å². The summed E-state index contributed by atoms with van der Waals surface area (Å²) >= 11 is 0. The third-order valence-electron chi connectivity index (χ3n) is 1.94. The fourth-order valence-electron chi connectivity index (χ4n) is 1.26. The molecule has 1 nitrogen and oxygen atoms in total. The first-order chi connectivity index (χ1) is 6.33. The van der Waals surface area contributed by atoms with Crippen LogP contribution in [0.25, 0.3) is 6.08 Å². The van der Waals surface area contributed by atoms with Gasteiger partial charge in [-0.15, -0.1) is 0 Å². The number of hydrogen-bond acceptors (Lipinski definition) is 1. The third-order valence-corrected chi connectivity index (χ3v) is 1.94. The lowest BCUT2D eigenvalue weighted by atomic mass is 10.1. The third kappa shape index (κ3) is 3.90. The van der Waals surface area contributed by atoms with Crippen LogP contribution in [0.5, 0.6) is 0 Å². The topological polar surface area (TPSA) is 20.2 Å². The van der Waals surface area contributed by atoms with Gasteiger partial charge < -0.3 is 5.11 Å². The van der Waals surface area contributed by atoms with Crippen molar-refractivity contribution in [3.05, 3.63) is 41.5 Å². The molecule has 0 saturated carbocycles. The minimum atomic E-state index is 0.278. The van der Waals surface area contributed by atoms with Crippen LogP contribution in [-0.4, -0.2) is 11.7 Å².